The van der Waals surface area contributed by atoms with Crippen LogP contribution in [0.2, 0.25) is 0 Å². The molecular formula is C17H23F3N2O2. The standard InChI is InChI=1S/C17H23F3N2O2/c1-12-6-5-7-13(2)22(12)16(23)10-21-14-8-3-4-9-15(14)24-11-17(18,19)20/h3-4,8-9,12-13,21H,5-7,10-11H2,1-2H3. The number of hydrogen-bond donors (Lipinski definition) is 1. The molecule has 7 heteroatoms. The Morgan fingerprint density at radius 3 is 2.50 bits per heavy atom. The van der Waals surface area contributed by atoms with Gasteiger partial charge in [-0.1, -0.05) is 12.1 Å². The van der Waals surface area contributed by atoms with E-state index in [2.05, 4.69) is 5.32 Å². The third-order valence-corrected chi connectivity index (χ3v) is 4.19. The van der Waals surface area contributed by atoms with E-state index in [0.29, 0.717) is 5.69 Å². The van der Waals surface area contributed by atoms with Crippen molar-refractivity contribution < 1.29 is 22.7 Å². The molecule has 1 aliphatic heterocycles. The third-order valence-electron chi connectivity index (χ3n) is 4.19. The number of carbonyl (C=O) groups is 1. The molecule has 24 heavy (non-hydrogen) atoms. The minimum Gasteiger partial charge on any atom is -0.482 e. The van der Waals surface area contributed by atoms with Gasteiger partial charge in [-0.3, -0.25) is 4.79 Å². The molecule has 1 aromatic rings. The Morgan fingerprint density at radius 2 is 1.88 bits per heavy atom. The summed E-state index contributed by atoms with van der Waals surface area (Å²) in [5.41, 5.74) is 0.382. The Morgan fingerprint density at radius 1 is 1.25 bits per heavy atom. The Balaban J connectivity index is 1.97. The van der Waals surface area contributed by atoms with E-state index in [1.54, 1.807) is 18.2 Å². The van der Waals surface area contributed by atoms with Gasteiger partial charge in [0.2, 0.25) is 5.91 Å². The first-order valence-electron chi connectivity index (χ1n) is 8.11. The lowest BCUT2D eigenvalue weighted by atomic mass is 9.97. The van der Waals surface area contributed by atoms with Crippen molar-refractivity contribution in [1.82, 2.24) is 4.90 Å². The maximum absolute atomic E-state index is 12.5. The Bertz CT molecular complexity index is 553. The molecule has 2 atom stereocenters. The van der Waals surface area contributed by atoms with Crippen molar-refractivity contribution in [2.75, 3.05) is 18.5 Å². The smallest absolute Gasteiger partial charge is 0.422 e. The van der Waals surface area contributed by atoms with Crippen LogP contribution in [0.1, 0.15) is 33.1 Å². The molecule has 0 radical (unpaired) electrons. The average Bonchev–Trinajstić information content (AvgIpc) is 2.50. The number of nitrogens with zero attached hydrogens (tertiary/aromatic N) is 1. The van der Waals surface area contributed by atoms with Crippen molar-refractivity contribution in [3.05, 3.63) is 24.3 Å². The number of likely N-dealkylation sites (tertiary alicyclic amines) is 1. The van der Waals surface area contributed by atoms with Gasteiger partial charge < -0.3 is 15.0 Å². The molecule has 1 amide bonds. The number of ether oxygens (including phenoxy) is 1. The summed E-state index contributed by atoms with van der Waals surface area (Å²) in [6, 6.07) is 6.68. The van der Waals surface area contributed by atoms with Gasteiger partial charge in [-0.15, -0.1) is 0 Å². The average molecular weight is 344 g/mol. The molecule has 1 N–H and O–H groups in total. The number of benzene rings is 1. The summed E-state index contributed by atoms with van der Waals surface area (Å²) in [7, 11) is 0. The highest BCUT2D eigenvalue weighted by Gasteiger charge is 2.30. The van der Waals surface area contributed by atoms with Crippen LogP contribution in [0.15, 0.2) is 24.3 Å². The van der Waals surface area contributed by atoms with E-state index in [0.717, 1.165) is 19.3 Å². The molecule has 0 aliphatic carbocycles. The Hall–Kier alpha value is -1.92. The number of carbonyl (C=O) groups excluding carboxylic acids is 1. The number of anilines is 1. The van der Waals surface area contributed by atoms with Crippen molar-refractivity contribution in [2.24, 2.45) is 0 Å². The third kappa shape index (κ3) is 5.04. The van der Waals surface area contributed by atoms with Gasteiger partial charge >= 0.3 is 6.18 Å². The van der Waals surface area contributed by atoms with Crippen LogP contribution in [-0.2, 0) is 4.79 Å². The number of halogens is 3. The van der Waals surface area contributed by atoms with Gasteiger partial charge in [-0.05, 0) is 45.2 Å². The summed E-state index contributed by atoms with van der Waals surface area (Å²) >= 11 is 0. The predicted molar refractivity (Wildman–Crippen MR) is 86.1 cm³/mol. The van der Waals surface area contributed by atoms with Gasteiger partial charge in [-0.25, -0.2) is 0 Å². The molecule has 2 unspecified atom stereocenters. The molecule has 0 saturated carbocycles. The van der Waals surface area contributed by atoms with Crippen LogP contribution in [-0.4, -0.2) is 42.2 Å². The van der Waals surface area contributed by atoms with Gasteiger partial charge in [0.05, 0.1) is 12.2 Å². The van der Waals surface area contributed by atoms with E-state index in [1.165, 1.54) is 6.07 Å². The summed E-state index contributed by atoms with van der Waals surface area (Å²) in [6.07, 6.45) is -1.35. The van der Waals surface area contributed by atoms with Crippen LogP contribution in [0.4, 0.5) is 18.9 Å². The number of nitrogens with one attached hydrogen (secondary N) is 1. The minimum absolute atomic E-state index is 0.0288. The van der Waals surface area contributed by atoms with Crippen molar-refractivity contribution in [3.8, 4) is 5.75 Å². The zero-order valence-electron chi connectivity index (χ0n) is 13.9. The van der Waals surface area contributed by atoms with Gasteiger partial charge in [0.25, 0.3) is 0 Å². The fourth-order valence-electron chi connectivity index (χ4n) is 3.07. The number of hydrogen-bond acceptors (Lipinski definition) is 3. The SMILES string of the molecule is CC1CCCC(C)N1C(=O)CNc1ccccc1OCC(F)(F)F. The van der Waals surface area contributed by atoms with Gasteiger partial charge in [0.1, 0.15) is 5.75 Å². The first-order chi connectivity index (χ1) is 11.3. The number of piperidine rings is 1. The lowest BCUT2D eigenvalue weighted by Gasteiger charge is -2.39. The molecule has 0 spiro atoms. The lowest BCUT2D eigenvalue weighted by Crippen LogP contribution is -2.49. The number of para-hydroxylation sites is 2. The molecule has 1 heterocycles. The van der Waals surface area contributed by atoms with Crippen molar-refractivity contribution >= 4 is 11.6 Å². The molecule has 0 bridgehead atoms. The van der Waals surface area contributed by atoms with Gasteiger partial charge in [0.15, 0.2) is 6.61 Å². The zero-order chi connectivity index (χ0) is 17.7. The van der Waals surface area contributed by atoms with Crippen LogP contribution in [0.3, 0.4) is 0 Å². The maximum Gasteiger partial charge on any atom is 0.422 e. The van der Waals surface area contributed by atoms with Gasteiger partial charge in [0, 0.05) is 12.1 Å². The topological polar surface area (TPSA) is 41.6 Å². The molecule has 1 saturated heterocycles. The fourth-order valence-corrected chi connectivity index (χ4v) is 3.07. The second-order valence-corrected chi connectivity index (χ2v) is 6.18. The monoisotopic (exact) mass is 344 g/mol. The second-order valence-electron chi connectivity index (χ2n) is 6.18. The van der Waals surface area contributed by atoms with Crippen LogP contribution in [0.25, 0.3) is 0 Å². The van der Waals surface area contributed by atoms with E-state index < -0.39 is 12.8 Å². The van der Waals surface area contributed by atoms with Crippen molar-refractivity contribution in [3.63, 3.8) is 0 Å². The summed E-state index contributed by atoms with van der Waals surface area (Å²) in [4.78, 5) is 14.3. The highest BCUT2D eigenvalue weighted by Crippen LogP contribution is 2.27. The predicted octanol–water partition coefficient (Wildman–Crippen LogP) is 3.83. The first-order valence-corrected chi connectivity index (χ1v) is 8.11. The summed E-state index contributed by atoms with van der Waals surface area (Å²) in [5, 5.41) is 2.90. The highest BCUT2D eigenvalue weighted by molar-refractivity contribution is 5.82. The maximum atomic E-state index is 12.5. The summed E-state index contributed by atoms with van der Waals surface area (Å²) in [5.74, 6) is 0.0303. The zero-order valence-corrected chi connectivity index (χ0v) is 13.9. The highest BCUT2D eigenvalue weighted by atomic mass is 19.4. The normalized spacial score (nSPS) is 21.5. The largest absolute Gasteiger partial charge is 0.482 e. The Kier molecular flexibility index (Phi) is 5.96. The Labute approximate surface area is 140 Å². The van der Waals surface area contributed by atoms with Crippen LogP contribution < -0.4 is 10.1 Å². The quantitative estimate of drug-likeness (QED) is 0.883. The van der Waals surface area contributed by atoms with Crippen LogP contribution >= 0.6 is 0 Å². The molecule has 2 rings (SSSR count). The molecule has 1 fully saturated rings. The minimum atomic E-state index is -4.40. The van der Waals surface area contributed by atoms with E-state index in [1.807, 2.05) is 18.7 Å². The summed E-state index contributed by atoms with van der Waals surface area (Å²) in [6.45, 7) is 2.71. The van der Waals surface area contributed by atoms with E-state index in [4.69, 9.17) is 4.74 Å². The molecule has 1 aliphatic rings. The number of rotatable bonds is 5. The molecular weight excluding hydrogens is 321 g/mol. The van der Waals surface area contributed by atoms with Gasteiger partial charge in [-0.2, -0.15) is 13.2 Å². The molecule has 1 aromatic carbocycles. The second kappa shape index (κ2) is 7.77. The van der Waals surface area contributed by atoms with E-state index >= 15 is 0 Å². The summed E-state index contributed by atoms with van der Waals surface area (Å²) < 4.78 is 41.7. The number of alkyl halides is 3. The molecule has 0 aromatic heterocycles. The lowest BCUT2D eigenvalue weighted by molar-refractivity contribution is -0.153. The van der Waals surface area contributed by atoms with E-state index in [9.17, 15) is 18.0 Å². The molecule has 134 valence electrons. The molecule has 4 nitrogen and oxygen atoms in total. The van der Waals surface area contributed by atoms with Crippen molar-refractivity contribution in [2.45, 2.75) is 51.4 Å². The van der Waals surface area contributed by atoms with Crippen molar-refractivity contribution in [1.29, 1.82) is 0 Å². The first kappa shape index (κ1) is 18.4. The van der Waals surface area contributed by atoms with Crippen LogP contribution in [0.5, 0.6) is 5.75 Å². The van der Waals surface area contributed by atoms with E-state index in [-0.39, 0.29) is 30.3 Å². The van der Waals surface area contributed by atoms with Crippen LogP contribution in [0, 0.1) is 0 Å². The number of amides is 1. The fraction of sp³-hybridized carbons (Fsp3) is 0.588.